The quantitative estimate of drug-likeness (QED) is 0.0857. The predicted octanol–water partition coefficient (Wildman–Crippen LogP) is 5.47. The maximum Gasteiger partial charge on any atom is 0.435 e. The molecule has 0 fully saturated rings. The lowest BCUT2D eigenvalue weighted by Crippen LogP contribution is -2.50. The number of carbonyl (C=O) groups excluding carboxylic acids is 3. The molecule has 3 aromatic carbocycles. The highest BCUT2D eigenvalue weighted by atomic mass is 32.2. The number of aromatic nitrogens is 2. The minimum absolute atomic E-state index is 0.0123. The van der Waals surface area contributed by atoms with Gasteiger partial charge in [-0.2, -0.15) is 18.3 Å². The van der Waals surface area contributed by atoms with E-state index in [0.717, 1.165) is 38.4 Å². The van der Waals surface area contributed by atoms with Gasteiger partial charge in [0.05, 0.1) is 39.4 Å². The molecule has 52 heavy (non-hydrogen) atoms. The van der Waals surface area contributed by atoms with Gasteiger partial charge < -0.3 is 10.0 Å². The van der Waals surface area contributed by atoms with E-state index < -0.39 is 56.8 Å². The monoisotopic (exact) mass is 741 g/mol. The maximum absolute atomic E-state index is 13.6. The average molecular weight is 742 g/mol. The first-order chi connectivity index (χ1) is 24.4. The summed E-state index contributed by atoms with van der Waals surface area (Å²) in [5.74, 6) is -2.60. The van der Waals surface area contributed by atoms with Gasteiger partial charge in [0, 0.05) is 5.56 Å². The van der Waals surface area contributed by atoms with Crippen molar-refractivity contribution >= 4 is 27.7 Å². The van der Waals surface area contributed by atoms with Crippen molar-refractivity contribution in [1.29, 1.82) is 0 Å². The number of nitrogens with zero attached hydrogens (tertiary/aromatic N) is 6. The molecule has 0 saturated carbocycles. The van der Waals surface area contributed by atoms with Crippen LogP contribution in [0.4, 0.5) is 13.2 Å². The highest BCUT2D eigenvalue weighted by Gasteiger charge is 2.40. The smallest absolute Gasteiger partial charge is 0.435 e. The largest absolute Gasteiger partial charge is 0.569 e. The molecule has 274 valence electrons. The van der Waals surface area contributed by atoms with Crippen LogP contribution in [-0.4, -0.2) is 70.1 Å². The van der Waals surface area contributed by atoms with Gasteiger partial charge in [0.1, 0.15) is 0 Å². The second-order valence-corrected chi connectivity index (χ2v) is 14.1. The van der Waals surface area contributed by atoms with Crippen LogP contribution in [0.5, 0.6) is 0 Å². The van der Waals surface area contributed by atoms with E-state index in [9.17, 15) is 41.2 Å². The van der Waals surface area contributed by atoms with Crippen LogP contribution in [0.15, 0.2) is 89.0 Å². The highest BCUT2D eigenvalue weighted by molar-refractivity contribution is 7.90. The van der Waals surface area contributed by atoms with Gasteiger partial charge in [0.2, 0.25) is 11.5 Å². The van der Waals surface area contributed by atoms with Crippen LogP contribution in [0.3, 0.4) is 0 Å². The van der Waals surface area contributed by atoms with Crippen LogP contribution < -0.4 is 4.72 Å². The van der Waals surface area contributed by atoms with Crippen molar-refractivity contribution in [2.75, 3.05) is 7.05 Å². The molecule has 0 spiro atoms. The first-order valence-corrected chi connectivity index (χ1v) is 17.3. The Morgan fingerprint density at radius 1 is 1.00 bits per heavy atom. The van der Waals surface area contributed by atoms with Crippen molar-refractivity contribution in [2.45, 2.75) is 57.5 Å². The van der Waals surface area contributed by atoms with Crippen molar-refractivity contribution in [1.82, 2.24) is 24.4 Å². The molecule has 1 aliphatic heterocycles. The molecule has 4 aromatic rings. The van der Waals surface area contributed by atoms with E-state index in [2.05, 4.69) is 10.4 Å². The molecule has 1 aromatic heterocycles. The van der Waals surface area contributed by atoms with E-state index >= 15 is 0 Å². The molecule has 0 bridgehead atoms. The Hall–Kier alpha value is -5.78. The van der Waals surface area contributed by atoms with Gasteiger partial charge in [-0.25, -0.2) is 22.7 Å². The lowest BCUT2D eigenvalue weighted by atomic mass is 10.0. The molecule has 0 saturated heterocycles. The van der Waals surface area contributed by atoms with E-state index in [0.29, 0.717) is 5.56 Å². The van der Waals surface area contributed by atoms with Gasteiger partial charge in [-0.3, -0.25) is 14.4 Å². The number of hydrogen-bond acceptors (Lipinski definition) is 9. The normalized spacial score (nSPS) is 14.7. The minimum atomic E-state index is -4.74. The van der Waals surface area contributed by atoms with E-state index in [-0.39, 0.29) is 39.8 Å². The molecular weight excluding hydrogens is 707 g/mol. The van der Waals surface area contributed by atoms with Crippen LogP contribution in [-0.2, 0) is 25.8 Å². The fourth-order valence-corrected chi connectivity index (χ4v) is 6.43. The van der Waals surface area contributed by atoms with Crippen LogP contribution in [0, 0.1) is 18.0 Å². The molecule has 1 aliphatic rings. The van der Waals surface area contributed by atoms with Crippen molar-refractivity contribution in [3.05, 3.63) is 106 Å². The molecule has 18 heteroatoms. The highest BCUT2D eigenvalue weighted by Crippen LogP contribution is 2.33. The zero-order chi connectivity index (χ0) is 38.1. The molecule has 0 aliphatic carbocycles. The first-order valence-electron chi connectivity index (χ1n) is 15.8. The lowest BCUT2D eigenvalue weighted by molar-refractivity contribution is -0.711. The third kappa shape index (κ3) is 7.75. The first kappa shape index (κ1) is 37.5. The summed E-state index contributed by atoms with van der Waals surface area (Å²) in [6.07, 6.45) is -6.07. The number of hydrazine groups is 1. The van der Waals surface area contributed by atoms with Crippen molar-refractivity contribution < 1.29 is 45.8 Å². The van der Waals surface area contributed by atoms with Crippen molar-refractivity contribution in [3.63, 3.8) is 0 Å². The predicted molar refractivity (Wildman–Crippen MR) is 179 cm³/mol. The number of alkyl halides is 3. The lowest BCUT2D eigenvalue weighted by Gasteiger charge is -2.25. The van der Waals surface area contributed by atoms with Gasteiger partial charge >= 0.3 is 6.18 Å². The number of amides is 3. The summed E-state index contributed by atoms with van der Waals surface area (Å²) >= 11 is 0. The molecule has 2 heterocycles. The Kier molecular flexibility index (Phi) is 10.4. The zero-order valence-electron chi connectivity index (χ0n) is 28.5. The summed E-state index contributed by atoms with van der Waals surface area (Å²) < 4.78 is 70.5. The topological polar surface area (TPSA) is 169 Å². The fraction of sp³-hybridized carbons (Fsp3) is 0.294. The number of sulfonamides is 1. The number of aryl methyl sites for hydroxylation is 1. The van der Waals surface area contributed by atoms with Gasteiger partial charge in [-0.15, -0.1) is 5.01 Å². The molecule has 14 nitrogen and oxygen atoms in total. The fourth-order valence-electron chi connectivity index (χ4n) is 5.42. The summed E-state index contributed by atoms with van der Waals surface area (Å²) in [6.45, 7) is 6.62. The summed E-state index contributed by atoms with van der Waals surface area (Å²) in [5.41, 5.74) is 0.748. The Morgan fingerprint density at radius 3 is 2.12 bits per heavy atom. The second kappa shape index (κ2) is 14.5. The number of imide groups is 1. The molecule has 0 radical (unpaired) electrons. The number of nitrogens with one attached hydrogen (secondary N) is 1. The van der Waals surface area contributed by atoms with Crippen LogP contribution >= 0.6 is 0 Å². The standard InChI is InChI=1S/C34H34F3N7O7S/c1-20(2)18-29(41(5)44(48)40-51-22(4)42-32(46)26-8-6-7-9-27(26)33(42)47)31(45)39-52(49,50)25-16-14-24(15-17-25)43-28(19-30(38-43)34(35,36)37)23-12-10-21(3)11-13-23/h6-17,19-20,22,29H,18H2,1-5H3,(H,39,45)/t22?,29-/m0/s1. The summed E-state index contributed by atoms with van der Waals surface area (Å²) in [6, 6.07) is 17.0. The Bertz CT molecular complexity index is 2100. The SMILES string of the molecule is Cc1ccc(-c2cc(C(F)(F)F)nn2-c2ccc(S(=O)(=O)NC(=O)[C@H](CC(C)C)N(C)[N+]([O-])=NOC(C)N3C(=O)c4ccccc4C3=O)cc2)cc1. The summed E-state index contributed by atoms with van der Waals surface area (Å²) in [5, 5.41) is 20.9. The molecule has 3 amide bonds. The van der Waals surface area contributed by atoms with Crippen LogP contribution in [0.1, 0.15) is 59.2 Å². The minimum Gasteiger partial charge on any atom is -0.569 e. The number of benzene rings is 3. The van der Waals surface area contributed by atoms with Crippen LogP contribution in [0.25, 0.3) is 16.9 Å². The van der Waals surface area contributed by atoms with E-state index in [1.54, 1.807) is 50.2 Å². The van der Waals surface area contributed by atoms with E-state index in [1.807, 2.05) is 11.6 Å². The number of rotatable bonds is 12. The molecule has 1 N–H and O–H groups in total. The summed E-state index contributed by atoms with van der Waals surface area (Å²) in [7, 11) is -3.39. The second-order valence-electron chi connectivity index (χ2n) is 12.4. The van der Waals surface area contributed by atoms with Crippen molar-refractivity contribution in [2.24, 2.45) is 11.2 Å². The third-order valence-electron chi connectivity index (χ3n) is 8.15. The Balaban J connectivity index is 1.32. The summed E-state index contributed by atoms with van der Waals surface area (Å²) in [4.78, 5) is 44.3. The third-order valence-corrected chi connectivity index (χ3v) is 9.51. The van der Waals surface area contributed by atoms with E-state index in [4.69, 9.17) is 4.84 Å². The van der Waals surface area contributed by atoms with Crippen molar-refractivity contribution in [3.8, 4) is 16.9 Å². The number of carbonyl (C=O) groups is 3. The van der Waals surface area contributed by atoms with Gasteiger partial charge in [-0.1, -0.05) is 55.8 Å². The molecule has 2 atom stereocenters. The van der Waals surface area contributed by atoms with Gasteiger partial charge in [-0.05, 0) is 68.7 Å². The van der Waals surface area contributed by atoms with E-state index in [1.165, 1.54) is 38.2 Å². The van der Waals surface area contributed by atoms with Gasteiger partial charge in [0.25, 0.3) is 27.7 Å². The zero-order valence-corrected chi connectivity index (χ0v) is 29.3. The molecule has 1 unspecified atom stereocenters. The van der Waals surface area contributed by atoms with Crippen LogP contribution in [0.2, 0.25) is 0 Å². The van der Waals surface area contributed by atoms with Gasteiger partial charge in [0.15, 0.2) is 11.7 Å². The molecule has 5 rings (SSSR count). The number of likely N-dealkylation sites (N-methyl/N-ethyl adjacent to an activating group) is 1. The molecular formula is C34H34F3N7O7S. The maximum atomic E-state index is 13.6. The number of halogens is 3. The number of fused-ring (bicyclic) bond motifs is 1. The average Bonchev–Trinajstić information content (AvgIpc) is 3.65. The Labute approximate surface area is 296 Å². The number of hydrogen-bond donors (Lipinski definition) is 1. The Morgan fingerprint density at radius 2 is 1.58 bits per heavy atom.